The number of carbonyl (C=O) groups excluding carboxylic acids is 1. The van der Waals surface area contributed by atoms with Crippen molar-refractivity contribution in [2.24, 2.45) is 0 Å². The Morgan fingerprint density at radius 1 is 1.12 bits per heavy atom. The standard InChI is InChI=1S/C14H27NO2/c1-4-5-6-7-8-9-11-15-14(16)17-12-10-13(2)3/h10H,4-9,11-12H2,1-3H3,(H,15,16). The summed E-state index contributed by atoms with van der Waals surface area (Å²) in [6, 6.07) is 0. The summed E-state index contributed by atoms with van der Waals surface area (Å²) >= 11 is 0. The molecule has 0 aliphatic rings. The molecule has 0 rings (SSSR count). The van der Waals surface area contributed by atoms with Crippen LogP contribution in [0.25, 0.3) is 0 Å². The van der Waals surface area contributed by atoms with Crippen LogP contribution in [0.3, 0.4) is 0 Å². The lowest BCUT2D eigenvalue weighted by atomic mass is 10.1. The molecular formula is C14H27NO2. The number of nitrogens with one attached hydrogen (secondary N) is 1. The van der Waals surface area contributed by atoms with E-state index in [4.69, 9.17) is 4.74 Å². The van der Waals surface area contributed by atoms with Crippen LogP contribution in [0.5, 0.6) is 0 Å². The van der Waals surface area contributed by atoms with Gasteiger partial charge in [-0.25, -0.2) is 4.79 Å². The first-order chi connectivity index (χ1) is 8.16. The molecule has 0 fully saturated rings. The zero-order valence-electron chi connectivity index (χ0n) is 11.6. The van der Waals surface area contributed by atoms with Gasteiger partial charge in [0.05, 0.1) is 0 Å². The molecule has 0 aliphatic heterocycles. The van der Waals surface area contributed by atoms with Crippen LogP contribution < -0.4 is 5.32 Å². The maximum absolute atomic E-state index is 11.2. The topological polar surface area (TPSA) is 38.3 Å². The second kappa shape index (κ2) is 11.5. The summed E-state index contributed by atoms with van der Waals surface area (Å²) in [4.78, 5) is 11.2. The van der Waals surface area contributed by atoms with E-state index in [-0.39, 0.29) is 6.09 Å². The van der Waals surface area contributed by atoms with Crippen LogP contribution in [0.1, 0.15) is 59.3 Å². The zero-order valence-corrected chi connectivity index (χ0v) is 11.6. The van der Waals surface area contributed by atoms with Crippen LogP contribution in [-0.2, 0) is 4.74 Å². The number of carbonyl (C=O) groups is 1. The largest absolute Gasteiger partial charge is 0.445 e. The fraction of sp³-hybridized carbons (Fsp3) is 0.786. The van der Waals surface area contributed by atoms with Crippen molar-refractivity contribution in [2.75, 3.05) is 13.2 Å². The van der Waals surface area contributed by atoms with Gasteiger partial charge in [-0.05, 0) is 26.3 Å². The molecule has 0 heterocycles. The molecule has 0 saturated heterocycles. The molecule has 100 valence electrons. The van der Waals surface area contributed by atoms with Gasteiger partial charge in [0.25, 0.3) is 0 Å². The normalized spacial score (nSPS) is 9.82. The molecule has 0 aromatic rings. The Morgan fingerprint density at radius 2 is 1.76 bits per heavy atom. The van der Waals surface area contributed by atoms with Crippen molar-refractivity contribution in [3.8, 4) is 0 Å². The minimum absolute atomic E-state index is 0.309. The summed E-state index contributed by atoms with van der Waals surface area (Å²) in [5.41, 5.74) is 1.16. The van der Waals surface area contributed by atoms with Crippen molar-refractivity contribution in [1.29, 1.82) is 0 Å². The van der Waals surface area contributed by atoms with Crippen molar-refractivity contribution in [3.05, 3.63) is 11.6 Å². The quantitative estimate of drug-likeness (QED) is 0.488. The number of hydrogen-bond acceptors (Lipinski definition) is 2. The van der Waals surface area contributed by atoms with Gasteiger partial charge in [-0.1, -0.05) is 44.6 Å². The first kappa shape index (κ1) is 16.0. The molecule has 0 saturated carbocycles. The highest BCUT2D eigenvalue weighted by Crippen LogP contribution is 2.04. The summed E-state index contributed by atoms with van der Waals surface area (Å²) in [5.74, 6) is 0. The number of alkyl carbamates (subject to hydrolysis) is 1. The first-order valence-corrected chi connectivity index (χ1v) is 6.70. The lowest BCUT2D eigenvalue weighted by Gasteiger charge is -2.05. The predicted octanol–water partition coefficient (Wildman–Crippen LogP) is 4.04. The minimum atomic E-state index is -0.309. The molecule has 0 aromatic carbocycles. The summed E-state index contributed by atoms with van der Waals surface area (Å²) < 4.78 is 4.97. The molecule has 0 bridgehead atoms. The molecule has 1 amide bonds. The summed E-state index contributed by atoms with van der Waals surface area (Å²) in [5, 5.41) is 2.76. The highest BCUT2D eigenvalue weighted by molar-refractivity contribution is 5.67. The van der Waals surface area contributed by atoms with Gasteiger partial charge in [-0.15, -0.1) is 0 Å². The van der Waals surface area contributed by atoms with Gasteiger partial charge in [-0.3, -0.25) is 0 Å². The van der Waals surface area contributed by atoms with E-state index in [1.807, 2.05) is 19.9 Å². The van der Waals surface area contributed by atoms with E-state index in [0.29, 0.717) is 6.61 Å². The second-order valence-corrected chi connectivity index (χ2v) is 4.57. The molecule has 0 aromatic heterocycles. The van der Waals surface area contributed by atoms with E-state index in [1.165, 1.54) is 32.1 Å². The highest BCUT2D eigenvalue weighted by Gasteiger charge is 1.98. The molecule has 1 N–H and O–H groups in total. The van der Waals surface area contributed by atoms with Crippen molar-refractivity contribution in [2.45, 2.75) is 59.3 Å². The predicted molar refractivity (Wildman–Crippen MR) is 72.2 cm³/mol. The van der Waals surface area contributed by atoms with Crippen molar-refractivity contribution in [1.82, 2.24) is 5.32 Å². The Balaban J connectivity index is 3.25. The van der Waals surface area contributed by atoms with Gasteiger partial charge in [0.1, 0.15) is 6.61 Å². The maximum atomic E-state index is 11.2. The van der Waals surface area contributed by atoms with Crippen LogP contribution in [0, 0.1) is 0 Å². The molecular weight excluding hydrogens is 214 g/mol. The van der Waals surface area contributed by atoms with E-state index < -0.39 is 0 Å². The minimum Gasteiger partial charge on any atom is -0.445 e. The zero-order chi connectivity index (χ0) is 12.9. The number of ether oxygens (including phenoxy) is 1. The average molecular weight is 241 g/mol. The molecule has 0 unspecified atom stereocenters. The van der Waals surface area contributed by atoms with Crippen molar-refractivity contribution < 1.29 is 9.53 Å². The van der Waals surface area contributed by atoms with Crippen LogP contribution in [0.15, 0.2) is 11.6 Å². The Labute approximate surface area is 106 Å². The summed E-state index contributed by atoms with van der Waals surface area (Å²) in [6.45, 7) is 7.27. The molecule has 17 heavy (non-hydrogen) atoms. The third kappa shape index (κ3) is 12.9. The van der Waals surface area contributed by atoms with Gasteiger partial charge in [-0.2, -0.15) is 0 Å². The molecule has 0 spiro atoms. The number of rotatable bonds is 9. The SMILES string of the molecule is CCCCCCCCNC(=O)OCC=C(C)C. The number of hydrogen-bond donors (Lipinski definition) is 1. The van der Waals surface area contributed by atoms with Gasteiger partial charge < -0.3 is 10.1 Å². The lowest BCUT2D eigenvalue weighted by molar-refractivity contribution is 0.158. The maximum Gasteiger partial charge on any atom is 0.407 e. The Bertz CT molecular complexity index is 220. The van der Waals surface area contributed by atoms with Crippen LogP contribution in [0.4, 0.5) is 4.79 Å². The molecule has 3 heteroatoms. The van der Waals surface area contributed by atoms with E-state index in [1.54, 1.807) is 0 Å². The van der Waals surface area contributed by atoms with E-state index in [2.05, 4.69) is 12.2 Å². The highest BCUT2D eigenvalue weighted by atomic mass is 16.5. The van der Waals surface area contributed by atoms with Crippen molar-refractivity contribution >= 4 is 6.09 Å². The lowest BCUT2D eigenvalue weighted by Crippen LogP contribution is -2.25. The average Bonchev–Trinajstić information content (AvgIpc) is 2.27. The van der Waals surface area contributed by atoms with Crippen molar-refractivity contribution in [3.63, 3.8) is 0 Å². The first-order valence-electron chi connectivity index (χ1n) is 6.70. The third-order valence-corrected chi connectivity index (χ3v) is 2.51. The number of unbranched alkanes of at least 4 members (excludes halogenated alkanes) is 5. The van der Waals surface area contributed by atoms with Gasteiger partial charge in [0, 0.05) is 6.54 Å². The van der Waals surface area contributed by atoms with Gasteiger partial charge in [0.2, 0.25) is 0 Å². The van der Waals surface area contributed by atoms with Gasteiger partial charge in [0.15, 0.2) is 0 Å². The van der Waals surface area contributed by atoms with E-state index in [9.17, 15) is 4.79 Å². The summed E-state index contributed by atoms with van der Waals surface area (Å²) in [7, 11) is 0. The van der Waals surface area contributed by atoms with E-state index in [0.717, 1.165) is 18.5 Å². The van der Waals surface area contributed by atoms with E-state index >= 15 is 0 Å². The number of amides is 1. The molecule has 0 aliphatic carbocycles. The van der Waals surface area contributed by atoms with Crippen LogP contribution in [0.2, 0.25) is 0 Å². The summed E-state index contributed by atoms with van der Waals surface area (Å²) in [6.07, 6.45) is 8.98. The fourth-order valence-corrected chi connectivity index (χ4v) is 1.43. The Morgan fingerprint density at radius 3 is 2.41 bits per heavy atom. The Kier molecular flexibility index (Phi) is 10.8. The molecule has 0 radical (unpaired) electrons. The number of allylic oxidation sites excluding steroid dienone is 1. The second-order valence-electron chi connectivity index (χ2n) is 4.57. The molecule has 3 nitrogen and oxygen atoms in total. The fourth-order valence-electron chi connectivity index (χ4n) is 1.43. The Hall–Kier alpha value is -0.990. The van der Waals surface area contributed by atoms with Crippen LogP contribution in [-0.4, -0.2) is 19.2 Å². The smallest absolute Gasteiger partial charge is 0.407 e. The van der Waals surface area contributed by atoms with Gasteiger partial charge >= 0.3 is 6.09 Å². The monoisotopic (exact) mass is 241 g/mol. The third-order valence-electron chi connectivity index (χ3n) is 2.51. The van der Waals surface area contributed by atoms with Crippen LogP contribution >= 0.6 is 0 Å². The molecule has 0 atom stereocenters.